The van der Waals surface area contributed by atoms with E-state index in [0.717, 1.165) is 24.0 Å². The van der Waals surface area contributed by atoms with Gasteiger partial charge in [-0.1, -0.05) is 46.9 Å². The Morgan fingerprint density at radius 1 is 0.980 bits per heavy atom. The molecule has 3 aromatic rings. The van der Waals surface area contributed by atoms with Crippen molar-refractivity contribution in [3.8, 4) is 11.5 Å². The van der Waals surface area contributed by atoms with Gasteiger partial charge in [0.05, 0.1) is 16.6 Å². The summed E-state index contributed by atoms with van der Waals surface area (Å²) in [5, 5.41) is 6.58. The molecule has 2 fully saturated rings. The number of piperazine rings is 1. The van der Waals surface area contributed by atoms with Crippen LogP contribution in [0.15, 0.2) is 54.6 Å². The second kappa shape index (κ2) is 16.5. The van der Waals surface area contributed by atoms with E-state index in [1.54, 1.807) is 59.5 Å². The summed E-state index contributed by atoms with van der Waals surface area (Å²) in [5.41, 5.74) is 2.86. The molecule has 268 valence electrons. The van der Waals surface area contributed by atoms with Gasteiger partial charge in [0.2, 0.25) is 17.7 Å². The van der Waals surface area contributed by atoms with Gasteiger partial charge < -0.3 is 25.0 Å². The molecule has 1 saturated carbocycles. The monoisotopic (exact) mass is 754 g/mol. The van der Waals surface area contributed by atoms with Gasteiger partial charge in [0.25, 0.3) is 0 Å². The number of carbonyl (C=O) groups is 3. The number of hydrogen-bond acceptors (Lipinski definition) is 6. The van der Waals surface area contributed by atoms with E-state index in [9.17, 15) is 27.6 Å². The van der Waals surface area contributed by atoms with E-state index in [-0.39, 0.29) is 63.7 Å². The van der Waals surface area contributed by atoms with Crippen LogP contribution in [-0.2, 0) is 27.3 Å². The SMILES string of the molecule is Cc1cc(Cl)c(OCCOc2ccc(N3C(=O)CNC[C@@H]3C(=O)N(Cc3cc(CCNC(=O)CC(F)(F)F)ccc3Cl)C3CC3)cc2)c(Cl)c1. The molecule has 0 aromatic heterocycles. The summed E-state index contributed by atoms with van der Waals surface area (Å²) >= 11 is 19.0. The summed E-state index contributed by atoms with van der Waals surface area (Å²) in [5.74, 6) is -0.668. The lowest BCUT2D eigenvalue weighted by atomic mass is 10.1. The zero-order valence-corrected chi connectivity index (χ0v) is 29.4. The van der Waals surface area contributed by atoms with E-state index < -0.39 is 24.5 Å². The van der Waals surface area contributed by atoms with Crippen LogP contribution in [0.4, 0.5) is 18.9 Å². The highest BCUT2D eigenvalue weighted by Gasteiger charge is 2.41. The van der Waals surface area contributed by atoms with Crippen molar-refractivity contribution in [2.75, 3.05) is 37.7 Å². The van der Waals surface area contributed by atoms with Crippen molar-refractivity contribution in [1.82, 2.24) is 15.5 Å². The van der Waals surface area contributed by atoms with Crippen molar-refractivity contribution in [3.05, 3.63) is 86.4 Å². The second-order valence-electron chi connectivity index (χ2n) is 12.2. The number of aryl methyl sites for hydroxylation is 1. The van der Waals surface area contributed by atoms with Crippen LogP contribution in [0.25, 0.3) is 0 Å². The van der Waals surface area contributed by atoms with E-state index in [1.165, 1.54) is 4.90 Å². The molecule has 1 heterocycles. The second-order valence-corrected chi connectivity index (χ2v) is 13.4. The molecule has 0 radical (unpaired) electrons. The van der Waals surface area contributed by atoms with Crippen molar-refractivity contribution in [1.29, 1.82) is 0 Å². The third kappa shape index (κ3) is 10.2. The fourth-order valence-corrected chi connectivity index (χ4v) is 6.54. The Bertz CT molecular complexity index is 1680. The number of hydrogen-bond donors (Lipinski definition) is 2. The Balaban J connectivity index is 1.21. The molecule has 0 bridgehead atoms. The standard InChI is InChI=1S/C35H36Cl3F3N4O5/c1-21-14-28(37)33(29(38)15-21)50-13-12-49-26-7-5-25(6-8-26)45-30(18-42-19-32(45)47)34(48)44(24-3-4-24)20-23-16-22(2-9-27(23)36)10-11-43-31(46)17-35(39,40)41/h2,5-9,14-16,24,30,42H,3-4,10-13,17-20H2,1H3,(H,43,46)/t30-/m1/s1. The molecular formula is C35H36Cl3F3N4O5. The first-order chi connectivity index (χ1) is 23.8. The maximum Gasteiger partial charge on any atom is 0.397 e. The Hall–Kier alpha value is -3.71. The van der Waals surface area contributed by atoms with Gasteiger partial charge in [0, 0.05) is 36.4 Å². The number of rotatable bonds is 14. The topological polar surface area (TPSA) is 100 Å². The fraction of sp³-hybridized carbons (Fsp3) is 0.400. The Morgan fingerprint density at radius 2 is 1.66 bits per heavy atom. The summed E-state index contributed by atoms with van der Waals surface area (Å²) in [6.07, 6.45) is -4.23. The smallest absolute Gasteiger partial charge is 0.397 e. The Kier molecular flexibility index (Phi) is 12.4. The van der Waals surface area contributed by atoms with E-state index >= 15 is 0 Å². The van der Waals surface area contributed by atoms with E-state index in [1.807, 2.05) is 6.92 Å². The van der Waals surface area contributed by atoms with Crippen molar-refractivity contribution in [2.45, 2.75) is 57.4 Å². The number of alkyl halides is 3. The Labute approximate surface area is 302 Å². The number of anilines is 1. The number of benzene rings is 3. The molecule has 0 spiro atoms. The van der Waals surface area contributed by atoms with E-state index in [4.69, 9.17) is 44.3 Å². The largest absolute Gasteiger partial charge is 0.490 e. The average molecular weight is 756 g/mol. The molecule has 5 rings (SSSR count). The zero-order chi connectivity index (χ0) is 36.0. The number of nitrogens with zero attached hydrogens (tertiary/aromatic N) is 2. The highest BCUT2D eigenvalue weighted by Crippen LogP contribution is 2.35. The minimum atomic E-state index is -4.58. The molecule has 0 unspecified atom stereocenters. The zero-order valence-electron chi connectivity index (χ0n) is 27.1. The molecule has 9 nitrogen and oxygen atoms in total. The summed E-state index contributed by atoms with van der Waals surface area (Å²) in [6, 6.07) is 14.7. The average Bonchev–Trinajstić information content (AvgIpc) is 3.89. The lowest BCUT2D eigenvalue weighted by Gasteiger charge is -2.38. The van der Waals surface area contributed by atoms with Crippen molar-refractivity contribution in [2.24, 2.45) is 0 Å². The Morgan fingerprint density at radius 3 is 2.32 bits per heavy atom. The molecule has 3 aromatic carbocycles. The normalized spacial score (nSPS) is 16.3. The predicted molar refractivity (Wildman–Crippen MR) is 185 cm³/mol. The molecule has 50 heavy (non-hydrogen) atoms. The first-order valence-electron chi connectivity index (χ1n) is 16.0. The van der Waals surface area contributed by atoms with Gasteiger partial charge in [-0.15, -0.1) is 0 Å². The van der Waals surface area contributed by atoms with Gasteiger partial charge in [-0.2, -0.15) is 13.2 Å². The molecule has 1 atom stereocenters. The number of halogens is 6. The number of ether oxygens (including phenoxy) is 2. The van der Waals surface area contributed by atoms with Gasteiger partial charge in [-0.05, 0) is 85.3 Å². The van der Waals surface area contributed by atoms with E-state index in [0.29, 0.717) is 37.8 Å². The number of carbonyl (C=O) groups excluding carboxylic acids is 3. The van der Waals surface area contributed by atoms with Crippen LogP contribution in [0, 0.1) is 6.92 Å². The highest BCUT2D eigenvalue weighted by atomic mass is 35.5. The maximum atomic E-state index is 14.1. The van der Waals surface area contributed by atoms with Gasteiger partial charge in [-0.25, -0.2) is 0 Å². The van der Waals surface area contributed by atoms with Gasteiger partial charge in [0.1, 0.15) is 31.4 Å². The third-order valence-corrected chi connectivity index (χ3v) is 9.08. The van der Waals surface area contributed by atoms with Gasteiger partial charge >= 0.3 is 6.18 Å². The fourth-order valence-electron chi connectivity index (χ4n) is 5.66. The maximum absolute atomic E-state index is 14.1. The minimum Gasteiger partial charge on any atom is -0.490 e. The molecule has 15 heteroatoms. The van der Waals surface area contributed by atoms with Crippen LogP contribution in [0.1, 0.15) is 36.0 Å². The summed E-state index contributed by atoms with van der Waals surface area (Å²) < 4.78 is 49.0. The lowest BCUT2D eigenvalue weighted by molar-refractivity contribution is -0.153. The van der Waals surface area contributed by atoms with Crippen LogP contribution in [-0.4, -0.2) is 73.7 Å². The summed E-state index contributed by atoms with van der Waals surface area (Å²) in [7, 11) is 0. The third-order valence-electron chi connectivity index (χ3n) is 8.15. The van der Waals surface area contributed by atoms with Crippen molar-refractivity contribution >= 4 is 58.2 Å². The van der Waals surface area contributed by atoms with Crippen LogP contribution in [0.2, 0.25) is 15.1 Å². The lowest BCUT2D eigenvalue weighted by Crippen LogP contribution is -2.61. The quantitative estimate of drug-likeness (QED) is 0.182. The van der Waals surface area contributed by atoms with E-state index in [2.05, 4.69) is 10.6 Å². The van der Waals surface area contributed by atoms with Crippen molar-refractivity contribution in [3.63, 3.8) is 0 Å². The molecule has 2 N–H and O–H groups in total. The van der Waals surface area contributed by atoms with Crippen LogP contribution >= 0.6 is 34.8 Å². The van der Waals surface area contributed by atoms with Crippen LogP contribution in [0.5, 0.6) is 11.5 Å². The molecule has 2 aliphatic rings. The molecule has 3 amide bonds. The first kappa shape index (κ1) is 37.5. The molecule has 1 aliphatic carbocycles. The summed E-state index contributed by atoms with van der Waals surface area (Å²) in [6.45, 7) is 2.80. The summed E-state index contributed by atoms with van der Waals surface area (Å²) in [4.78, 5) is 42.2. The van der Waals surface area contributed by atoms with Gasteiger partial charge in [0.15, 0.2) is 5.75 Å². The number of amides is 3. The van der Waals surface area contributed by atoms with Crippen molar-refractivity contribution < 1.29 is 37.0 Å². The predicted octanol–water partition coefficient (Wildman–Crippen LogP) is 6.52. The van der Waals surface area contributed by atoms with Crippen LogP contribution < -0.4 is 25.0 Å². The molecule has 1 saturated heterocycles. The minimum absolute atomic E-state index is 0.0147. The van der Waals surface area contributed by atoms with Gasteiger partial charge in [-0.3, -0.25) is 19.3 Å². The first-order valence-corrected chi connectivity index (χ1v) is 17.2. The van der Waals surface area contributed by atoms with Crippen LogP contribution in [0.3, 0.4) is 0 Å². The molecular weight excluding hydrogens is 720 g/mol. The highest BCUT2D eigenvalue weighted by molar-refractivity contribution is 6.37. The number of nitrogens with one attached hydrogen (secondary N) is 2. The molecule has 1 aliphatic heterocycles.